The van der Waals surface area contributed by atoms with E-state index >= 15 is 0 Å². The summed E-state index contributed by atoms with van der Waals surface area (Å²) < 4.78 is 12.3. The highest BCUT2D eigenvalue weighted by atomic mass is 35.5. The first-order valence-electron chi connectivity index (χ1n) is 4.99. The summed E-state index contributed by atoms with van der Waals surface area (Å²) in [5.74, 6) is 1.14. The molecule has 0 saturated heterocycles. The van der Waals surface area contributed by atoms with Crippen LogP contribution in [0.25, 0.3) is 0 Å². The highest BCUT2D eigenvalue weighted by Gasteiger charge is 2.13. The first-order valence-corrected chi connectivity index (χ1v) is 5.37. The fourth-order valence-electron chi connectivity index (χ4n) is 1.26. The second-order valence-electron chi connectivity index (χ2n) is 3.14. The number of ether oxygens (including phenoxy) is 2. The molecule has 2 aromatic rings. The molecule has 2 aromatic heterocycles. The van der Waals surface area contributed by atoms with E-state index in [4.69, 9.17) is 21.1 Å². The molecule has 2 heterocycles. The lowest BCUT2D eigenvalue weighted by molar-refractivity contribution is 0.367. The number of nitrogens with zero attached hydrogens (tertiary/aromatic N) is 4. The molecule has 0 N–H and O–H groups in total. The molecule has 0 saturated carbocycles. The Morgan fingerprint density at radius 2 is 2.24 bits per heavy atom. The minimum atomic E-state index is 0.209. The minimum absolute atomic E-state index is 0.209. The standard InChI is InChI=1S/C10H11ClN4O2/c1-3-15-5-7(4-14-15)17-10-8(16-2)9(11)12-6-13-10/h4-6H,3H2,1-2H3. The van der Waals surface area contributed by atoms with Crippen molar-refractivity contribution in [2.75, 3.05) is 7.11 Å². The molecule has 0 bridgehead atoms. The maximum absolute atomic E-state index is 5.85. The van der Waals surface area contributed by atoms with E-state index in [1.165, 1.54) is 13.4 Å². The minimum Gasteiger partial charge on any atom is -0.489 e. The van der Waals surface area contributed by atoms with Crippen molar-refractivity contribution in [3.8, 4) is 17.4 Å². The van der Waals surface area contributed by atoms with Gasteiger partial charge in [-0.1, -0.05) is 11.6 Å². The van der Waals surface area contributed by atoms with Gasteiger partial charge in [-0.05, 0) is 6.92 Å². The van der Waals surface area contributed by atoms with Gasteiger partial charge in [0.1, 0.15) is 6.33 Å². The van der Waals surface area contributed by atoms with Crippen LogP contribution in [0.3, 0.4) is 0 Å². The van der Waals surface area contributed by atoms with Crippen LogP contribution in [-0.2, 0) is 6.54 Å². The summed E-state index contributed by atoms with van der Waals surface area (Å²) in [5.41, 5.74) is 0. The predicted molar refractivity (Wildman–Crippen MR) is 61.6 cm³/mol. The molecule has 0 fully saturated rings. The van der Waals surface area contributed by atoms with Gasteiger partial charge in [-0.3, -0.25) is 4.68 Å². The number of hydrogen-bond acceptors (Lipinski definition) is 5. The van der Waals surface area contributed by atoms with Gasteiger partial charge in [0.15, 0.2) is 10.9 Å². The predicted octanol–water partition coefficient (Wildman–Crippen LogP) is 2.15. The van der Waals surface area contributed by atoms with Gasteiger partial charge in [0.05, 0.1) is 19.5 Å². The Labute approximate surface area is 103 Å². The first kappa shape index (κ1) is 11.7. The summed E-state index contributed by atoms with van der Waals surface area (Å²) in [6.07, 6.45) is 4.67. The van der Waals surface area contributed by atoms with Crippen LogP contribution in [0.1, 0.15) is 6.92 Å². The lowest BCUT2D eigenvalue weighted by atomic mass is 10.5. The van der Waals surface area contributed by atoms with Crippen LogP contribution in [-0.4, -0.2) is 26.9 Å². The highest BCUT2D eigenvalue weighted by Crippen LogP contribution is 2.33. The Morgan fingerprint density at radius 1 is 1.41 bits per heavy atom. The maximum atomic E-state index is 5.85. The normalized spacial score (nSPS) is 10.3. The van der Waals surface area contributed by atoms with Gasteiger partial charge in [-0.25, -0.2) is 4.98 Å². The molecule has 0 atom stereocenters. The number of aromatic nitrogens is 4. The topological polar surface area (TPSA) is 62.1 Å². The van der Waals surface area contributed by atoms with Crippen molar-refractivity contribution in [3.05, 3.63) is 23.9 Å². The molecule has 6 nitrogen and oxygen atoms in total. The Bertz CT molecular complexity index is 515. The van der Waals surface area contributed by atoms with Crippen molar-refractivity contribution >= 4 is 11.6 Å². The first-order chi connectivity index (χ1) is 8.24. The van der Waals surface area contributed by atoms with Gasteiger partial charge in [-0.2, -0.15) is 10.1 Å². The van der Waals surface area contributed by atoms with Gasteiger partial charge in [0.25, 0.3) is 5.88 Å². The zero-order valence-electron chi connectivity index (χ0n) is 9.42. The largest absolute Gasteiger partial charge is 0.489 e. The third-order valence-corrected chi connectivity index (χ3v) is 2.35. The molecule has 17 heavy (non-hydrogen) atoms. The fraction of sp³-hybridized carbons (Fsp3) is 0.300. The van der Waals surface area contributed by atoms with Gasteiger partial charge in [0.2, 0.25) is 5.75 Å². The summed E-state index contributed by atoms with van der Waals surface area (Å²) in [6.45, 7) is 2.75. The van der Waals surface area contributed by atoms with Gasteiger partial charge >= 0.3 is 0 Å². The van der Waals surface area contributed by atoms with Crippen LogP contribution >= 0.6 is 11.6 Å². The highest BCUT2D eigenvalue weighted by molar-refractivity contribution is 6.31. The van der Waals surface area contributed by atoms with Crippen LogP contribution < -0.4 is 9.47 Å². The Balaban J connectivity index is 2.26. The summed E-state index contributed by atoms with van der Waals surface area (Å²) >= 11 is 5.85. The van der Waals surface area contributed by atoms with E-state index in [0.29, 0.717) is 11.5 Å². The van der Waals surface area contributed by atoms with Crippen molar-refractivity contribution < 1.29 is 9.47 Å². The molecule has 0 spiro atoms. The van der Waals surface area contributed by atoms with E-state index in [-0.39, 0.29) is 11.0 Å². The van der Waals surface area contributed by atoms with Gasteiger partial charge in [0, 0.05) is 6.54 Å². The second-order valence-corrected chi connectivity index (χ2v) is 3.49. The molecular weight excluding hydrogens is 244 g/mol. The molecule has 0 aliphatic carbocycles. The van der Waals surface area contributed by atoms with E-state index < -0.39 is 0 Å². The number of methoxy groups -OCH3 is 1. The lowest BCUT2D eigenvalue weighted by Gasteiger charge is -2.07. The van der Waals surface area contributed by atoms with Crippen molar-refractivity contribution in [1.29, 1.82) is 0 Å². The molecule has 7 heteroatoms. The average molecular weight is 255 g/mol. The second kappa shape index (κ2) is 5.01. The van der Waals surface area contributed by atoms with Gasteiger partial charge < -0.3 is 9.47 Å². The lowest BCUT2D eigenvalue weighted by Crippen LogP contribution is -1.95. The van der Waals surface area contributed by atoms with E-state index in [1.807, 2.05) is 6.92 Å². The quantitative estimate of drug-likeness (QED) is 0.783. The molecule has 2 rings (SSSR count). The molecular formula is C10H11ClN4O2. The fourth-order valence-corrected chi connectivity index (χ4v) is 1.47. The van der Waals surface area contributed by atoms with E-state index in [9.17, 15) is 0 Å². The maximum Gasteiger partial charge on any atom is 0.267 e. The third-order valence-electron chi connectivity index (χ3n) is 2.08. The SMILES string of the molecule is CCn1cc(Oc2ncnc(Cl)c2OC)cn1. The zero-order chi connectivity index (χ0) is 12.3. The zero-order valence-corrected chi connectivity index (χ0v) is 10.2. The Morgan fingerprint density at radius 3 is 2.88 bits per heavy atom. The molecule has 0 unspecified atom stereocenters. The Hall–Kier alpha value is -1.82. The number of aryl methyl sites for hydroxylation is 1. The summed E-state index contributed by atoms with van der Waals surface area (Å²) in [6, 6.07) is 0. The van der Waals surface area contributed by atoms with Crippen molar-refractivity contribution in [2.45, 2.75) is 13.5 Å². The molecule has 0 aromatic carbocycles. The number of hydrogen-bond donors (Lipinski definition) is 0. The molecule has 0 aliphatic rings. The summed E-state index contributed by atoms with van der Waals surface area (Å²) in [4.78, 5) is 7.76. The Kier molecular flexibility index (Phi) is 3.43. The molecule has 90 valence electrons. The average Bonchev–Trinajstić information content (AvgIpc) is 2.77. The monoisotopic (exact) mass is 254 g/mol. The third kappa shape index (κ3) is 2.47. The van der Waals surface area contributed by atoms with Crippen LogP contribution in [0.5, 0.6) is 17.4 Å². The number of halogens is 1. The van der Waals surface area contributed by atoms with Crippen LogP contribution in [0, 0.1) is 0 Å². The smallest absolute Gasteiger partial charge is 0.267 e. The van der Waals surface area contributed by atoms with Crippen LogP contribution in [0.4, 0.5) is 0 Å². The van der Waals surface area contributed by atoms with Gasteiger partial charge in [-0.15, -0.1) is 0 Å². The van der Waals surface area contributed by atoms with Crippen molar-refractivity contribution in [3.63, 3.8) is 0 Å². The summed E-state index contributed by atoms with van der Waals surface area (Å²) in [7, 11) is 1.48. The van der Waals surface area contributed by atoms with Crippen LogP contribution in [0.2, 0.25) is 5.15 Å². The van der Waals surface area contributed by atoms with Crippen molar-refractivity contribution in [1.82, 2.24) is 19.7 Å². The number of rotatable bonds is 4. The van der Waals surface area contributed by atoms with E-state index in [1.54, 1.807) is 17.1 Å². The van der Waals surface area contributed by atoms with Crippen LogP contribution in [0.15, 0.2) is 18.7 Å². The summed E-state index contributed by atoms with van der Waals surface area (Å²) in [5, 5.41) is 4.29. The molecule has 0 amide bonds. The molecule has 0 aliphatic heterocycles. The van der Waals surface area contributed by atoms with E-state index in [2.05, 4.69) is 15.1 Å². The van der Waals surface area contributed by atoms with E-state index in [0.717, 1.165) is 6.54 Å². The molecule has 0 radical (unpaired) electrons. The van der Waals surface area contributed by atoms with Crippen molar-refractivity contribution in [2.24, 2.45) is 0 Å².